The summed E-state index contributed by atoms with van der Waals surface area (Å²) in [5.41, 5.74) is 9.60. The van der Waals surface area contributed by atoms with Crippen LogP contribution in [0.1, 0.15) is 131 Å². The number of hydrogen-bond acceptors (Lipinski definition) is 28. The third kappa shape index (κ3) is 20.1. The number of carboxylic acid groups (broad SMARTS) is 1. The van der Waals surface area contributed by atoms with E-state index in [1.54, 1.807) is 26.0 Å². The average molecular weight is 1790 g/mol. The predicted molar refractivity (Wildman–Crippen MR) is 445 cm³/mol. The van der Waals surface area contributed by atoms with Crippen molar-refractivity contribution in [3.63, 3.8) is 0 Å². The molecule has 0 saturated carbocycles. The molecule has 8 heterocycles. The molecule has 0 radical (unpaired) electrons. The Morgan fingerprint density at radius 2 is 1.22 bits per heavy atom. The maximum absolute atomic E-state index is 16.6. The van der Waals surface area contributed by atoms with Crippen LogP contribution in [0.2, 0.25) is 15.1 Å². The molecule has 22 atom stereocenters. The van der Waals surface area contributed by atoms with Gasteiger partial charge in [0.2, 0.25) is 53.4 Å². The molecule has 7 amide bonds. The van der Waals surface area contributed by atoms with Crippen molar-refractivity contribution in [3.05, 3.63) is 176 Å². The summed E-state index contributed by atoms with van der Waals surface area (Å²) < 4.78 is 52.9. The Balaban J connectivity index is 1.02. The second-order valence-corrected chi connectivity index (χ2v) is 34.0. The van der Waals surface area contributed by atoms with Crippen molar-refractivity contribution < 1.29 is 127 Å². The number of nitrogens with one attached hydrogen (secondary N) is 8. The number of phenols is 3. The number of ether oxygens (including phenoxy) is 8. The number of phenolic OH excluding ortho intramolecular Hbond substituents is 3. The topological polar surface area (TPSA) is 561 Å². The normalized spacial score (nSPS) is 29.7. The third-order valence-electron chi connectivity index (χ3n) is 22.9. The van der Waals surface area contributed by atoms with Gasteiger partial charge in [-0.3, -0.25) is 33.6 Å². The first-order valence-corrected chi connectivity index (χ1v) is 41.2. The van der Waals surface area contributed by atoms with Crippen molar-refractivity contribution in [3.8, 4) is 68.2 Å². The number of aliphatic hydroxyl groups is 6. The lowest BCUT2D eigenvalue weighted by Crippen LogP contribution is -2.65. The Labute approximate surface area is 730 Å². The summed E-state index contributed by atoms with van der Waals surface area (Å²) in [6.07, 6.45) is -23.0. The summed E-state index contributed by atoms with van der Waals surface area (Å²) in [6, 6.07) is 14.5. The first-order chi connectivity index (χ1) is 59.2. The van der Waals surface area contributed by atoms with Gasteiger partial charge in [-0.25, -0.2) is 4.79 Å². The van der Waals surface area contributed by atoms with Crippen LogP contribution in [0.4, 0.5) is 0 Å². The Morgan fingerprint density at radius 1 is 0.632 bits per heavy atom. The molecule has 0 aromatic heterocycles. The van der Waals surface area contributed by atoms with Crippen LogP contribution in [0.15, 0.2) is 127 Å². The number of hydrogen-bond donors (Lipinski definition) is 20. The number of aromatic hydroxyl groups is 3. The molecule has 3 saturated heterocycles. The maximum Gasteiger partial charge on any atom is 0.330 e. The zero-order chi connectivity index (χ0) is 90.3. The fourth-order valence-electron chi connectivity index (χ4n) is 16.2. The van der Waals surface area contributed by atoms with E-state index in [9.17, 15) is 65.4 Å². The quantitative estimate of drug-likeness (QED) is 0.0530. The van der Waals surface area contributed by atoms with Gasteiger partial charge in [-0.2, -0.15) is 0 Å². The van der Waals surface area contributed by atoms with E-state index in [2.05, 4.69) is 42.5 Å². The van der Waals surface area contributed by atoms with E-state index >= 15 is 24.0 Å². The van der Waals surface area contributed by atoms with Crippen LogP contribution in [0.5, 0.6) is 46.0 Å². The molecule has 8 aliphatic heterocycles. The molecule has 0 unspecified atom stereocenters. The second-order valence-electron chi connectivity index (χ2n) is 32.7. The van der Waals surface area contributed by atoms with Crippen molar-refractivity contribution in [2.24, 2.45) is 17.4 Å². The van der Waals surface area contributed by atoms with Gasteiger partial charge in [0, 0.05) is 58.2 Å². The summed E-state index contributed by atoms with van der Waals surface area (Å²) in [5, 5.41) is 138. The van der Waals surface area contributed by atoms with Crippen LogP contribution >= 0.6 is 34.8 Å². The summed E-state index contributed by atoms with van der Waals surface area (Å²) in [5.74, 6) is -16.1. The number of amides is 7. The van der Waals surface area contributed by atoms with E-state index in [1.807, 2.05) is 50.2 Å². The summed E-state index contributed by atoms with van der Waals surface area (Å²) in [6.45, 7) is 9.06. The van der Waals surface area contributed by atoms with Gasteiger partial charge in [-0.1, -0.05) is 103 Å². The van der Waals surface area contributed by atoms with Crippen molar-refractivity contribution >= 4 is 82.1 Å². The Morgan fingerprint density at radius 3 is 1.83 bits per heavy atom. The number of primary amides is 1. The van der Waals surface area contributed by atoms with Gasteiger partial charge in [0.25, 0.3) is 0 Å². The molecule has 22 N–H and O–H groups in total. The number of carbonyl (C=O) groups excluding carboxylic acids is 7. The molecule has 8 aliphatic rings. The van der Waals surface area contributed by atoms with Gasteiger partial charge in [-0.15, -0.1) is 0 Å². The highest BCUT2D eigenvalue weighted by Crippen LogP contribution is 2.51. The largest absolute Gasteiger partial charge is 0.508 e. The Kier molecular flexibility index (Phi) is 27.9. The molecule has 39 heteroatoms. The number of carbonyl (C=O) groups is 8. The van der Waals surface area contributed by atoms with Crippen LogP contribution in [0.25, 0.3) is 22.3 Å². The van der Waals surface area contributed by atoms with E-state index < -0.39 is 261 Å². The van der Waals surface area contributed by atoms with Crippen molar-refractivity contribution in [1.29, 1.82) is 0 Å². The van der Waals surface area contributed by atoms with Crippen molar-refractivity contribution in [2.75, 3.05) is 13.7 Å². The molecular formula is C86H97Cl3N10O26. The lowest BCUT2D eigenvalue weighted by atomic mass is 9.84. The zero-order valence-corrected chi connectivity index (χ0v) is 70.6. The van der Waals surface area contributed by atoms with Gasteiger partial charge in [0.1, 0.15) is 89.5 Å². The number of nitrogens with two attached hydrogens (primary N) is 2. The Bertz CT molecular complexity index is 5250. The van der Waals surface area contributed by atoms with E-state index in [1.165, 1.54) is 51.2 Å². The number of aliphatic hydroxyl groups excluding tert-OH is 6. The third-order valence-corrected chi connectivity index (χ3v) is 23.8. The van der Waals surface area contributed by atoms with Crippen molar-refractivity contribution in [2.45, 2.75) is 207 Å². The van der Waals surface area contributed by atoms with Gasteiger partial charge in [0.05, 0.1) is 53.5 Å². The molecule has 668 valence electrons. The summed E-state index contributed by atoms with van der Waals surface area (Å²) in [4.78, 5) is 121. The van der Waals surface area contributed by atoms with E-state index in [4.69, 9.17) is 84.2 Å². The molecule has 0 aliphatic carbocycles. The van der Waals surface area contributed by atoms with Crippen LogP contribution in [-0.2, 0) is 68.6 Å². The van der Waals surface area contributed by atoms with Crippen molar-refractivity contribution in [1.82, 2.24) is 42.5 Å². The molecule has 7 aromatic rings. The number of carboxylic acids is 1. The van der Waals surface area contributed by atoms with Crippen LogP contribution in [-0.4, -0.2) is 215 Å². The minimum absolute atomic E-state index is 0.119. The number of benzene rings is 7. The standard InChI is InChI=1S/C86H97Cl3N10O26/c1-35(2)22-51(92-7)77(110)98-67-69(105)42-15-20-55(49(88)24-42)120-57-26-44-27-58(73(57)125-84-74(71(107)70(106)59(34-100)122-84)124-62-32-86(6,76(109)37(4)119-62)93-33-38-8-10-39(11-9-38)40-12-17-45(87)18-13-40)121-56-21-16-43(25-50(56)89)72(123-61-31-85(5,91)75(108)36(3)118-61)68-82(115)97-66(83(116)117)48-28-46(101)29-54(103)63(48)47-23-41(14-19-53(47)102)64(79(112)99-68)96-80(113)65(44)95-78(111)52(30-60(90)104)94-81(67)114/h8-21,23-29,35-37,51-52,59,61-62,64-72,74-76,84,92-93,100-103,105-109H,22,30-34,91H2,1-7H3,(H2,90,104)(H,94,114)(H,95,111)(H,96,113)(H,97,115)(H,98,110)(H,99,112)(H,116,117)/t36-,37-,51+,52-,59+,61-,62-,64+,65+,66+,67+,68-,69+,70+,71-,72+,74+,75+,76+,84-,85-,86-/m0/s1. The molecule has 11 bridgehead atoms. The number of aliphatic carboxylic acids is 1. The predicted octanol–water partition coefficient (Wildman–Crippen LogP) is 4.50. The minimum atomic E-state index is -2.40. The van der Waals surface area contributed by atoms with Crippen LogP contribution in [0.3, 0.4) is 0 Å². The van der Waals surface area contributed by atoms with Gasteiger partial charge < -0.3 is 143 Å². The SMILES string of the molecule is CN[C@H](CC(C)C)C(=O)N[C@H]1C(=O)N[C@@H](CC(N)=O)C(=O)N[C@H]2C(=O)N[C@H]3C(=O)N[C@H](C(=O)N[C@@H](C(=O)O)c4cc(O)cc(O)c4-c4cc3ccc4O)[C@H](O[C@H]3C[C@](C)(N)[C@H](O)[C@H](C)O3)c3ccc(c(Cl)c3)Oc3cc2cc(c3O[C@@H]2O[C@H](CO)[C@@H](O)[C@H](O)[C@H]2O[C@H]2C[C@](C)(NCc3ccc(-c4ccc(Cl)cc4)cc3)[C@H](O)[C@H](C)O2)Oc2ccc(cc2Cl)[C@H]1O. The lowest BCUT2D eigenvalue weighted by Gasteiger charge is -2.48. The van der Waals surface area contributed by atoms with Gasteiger partial charge in [-0.05, 0) is 153 Å². The lowest BCUT2D eigenvalue weighted by molar-refractivity contribution is -0.334. The molecule has 7 aromatic carbocycles. The van der Waals surface area contributed by atoms with Gasteiger partial charge >= 0.3 is 5.97 Å². The maximum atomic E-state index is 16.6. The molecule has 36 nitrogen and oxygen atoms in total. The Hall–Kier alpha value is -10.6. The fraction of sp³-hybridized carbons (Fsp3) is 0.419. The molecule has 15 rings (SSSR count). The smallest absolute Gasteiger partial charge is 0.330 e. The molecular weight excluding hydrogens is 1700 g/mol. The number of halogens is 3. The molecule has 3 fully saturated rings. The highest BCUT2D eigenvalue weighted by Gasteiger charge is 2.53. The van der Waals surface area contributed by atoms with Crippen LogP contribution in [0, 0.1) is 5.92 Å². The number of likely N-dealkylation sites (N-methyl/N-ethyl adjacent to an activating group) is 1. The second kappa shape index (κ2) is 37.9. The average Bonchev–Trinajstić information content (AvgIpc) is 0.762. The summed E-state index contributed by atoms with van der Waals surface area (Å²) in [7, 11) is 1.48. The number of fused-ring (bicyclic) bond motifs is 15. The first-order valence-electron chi connectivity index (χ1n) is 40.1. The molecule has 0 spiro atoms. The minimum Gasteiger partial charge on any atom is -0.508 e. The van der Waals surface area contributed by atoms with Gasteiger partial charge in [0.15, 0.2) is 36.2 Å². The highest BCUT2D eigenvalue weighted by molar-refractivity contribution is 6.32. The van der Waals surface area contributed by atoms with E-state index in [0.29, 0.717) is 5.02 Å². The first kappa shape index (κ1) is 92.1. The van der Waals surface area contributed by atoms with E-state index in [0.717, 1.165) is 65.2 Å². The zero-order valence-electron chi connectivity index (χ0n) is 68.3. The fourth-order valence-corrected chi connectivity index (χ4v) is 16.7. The highest BCUT2D eigenvalue weighted by atomic mass is 35.5. The molecule has 125 heavy (non-hydrogen) atoms. The van der Waals surface area contributed by atoms with E-state index in [-0.39, 0.29) is 59.2 Å². The van der Waals surface area contributed by atoms with Crippen LogP contribution < -0.4 is 68.2 Å². The summed E-state index contributed by atoms with van der Waals surface area (Å²) >= 11 is 20.8. The number of rotatable bonds is 19. The monoisotopic (exact) mass is 1790 g/mol.